The first-order valence-electron chi connectivity index (χ1n) is 4.91. The van der Waals surface area contributed by atoms with E-state index in [9.17, 15) is 8.78 Å². The Balaban J connectivity index is 3.06. The first kappa shape index (κ1) is 12.4. The van der Waals surface area contributed by atoms with E-state index in [4.69, 9.17) is 11.6 Å². The van der Waals surface area contributed by atoms with Crippen LogP contribution in [0.15, 0.2) is 12.1 Å². The van der Waals surface area contributed by atoms with Crippen molar-refractivity contribution in [2.45, 2.75) is 25.8 Å². The van der Waals surface area contributed by atoms with E-state index in [1.165, 1.54) is 0 Å². The Morgan fingerprint density at radius 3 is 2.47 bits per heavy atom. The zero-order valence-corrected chi connectivity index (χ0v) is 9.54. The van der Waals surface area contributed by atoms with Crippen LogP contribution in [0.25, 0.3) is 0 Å². The van der Waals surface area contributed by atoms with Crippen molar-refractivity contribution in [2.75, 3.05) is 7.05 Å². The van der Waals surface area contributed by atoms with Crippen molar-refractivity contribution in [3.8, 4) is 0 Å². The van der Waals surface area contributed by atoms with Gasteiger partial charge in [0.25, 0.3) is 0 Å². The molecular weight excluding hydrogens is 220 g/mol. The molecule has 0 aliphatic heterocycles. The zero-order valence-electron chi connectivity index (χ0n) is 8.78. The summed E-state index contributed by atoms with van der Waals surface area (Å²) in [7, 11) is 1.78. The molecule has 0 aliphatic carbocycles. The first-order valence-corrected chi connectivity index (χ1v) is 5.29. The second kappa shape index (κ2) is 5.42. The number of hydrogen-bond donors (Lipinski definition) is 1. The Hall–Kier alpha value is -0.670. The highest BCUT2D eigenvalue weighted by Gasteiger charge is 2.15. The smallest absolute Gasteiger partial charge is 0.160 e. The molecule has 0 aliphatic rings. The van der Waals surface area contributed by atoms with Gasteiger partial charge in [0.2, 0.25) is 0 Å². The summed E-state index contributed by atoms with van der Waals surface area (Å²) >= 11 is 5.86. The van der Waals surface area contributed by atoms with Gasteiger partial charge < -0.3 is 5.32 Å². The fourth-order valence-electron chi connectivity index (χ4n) is 1.55. The van der Waals surface area contributed by atoms with E-state index in [1.807, 2.05) is 6.92 Å². The van der Waals surface area contributed by atoms with Gasteiger partial charge in [0.05, 0.1) is 0 Å². The molecule has 1 aromatic rings. The van der Waals surface area contributed by atoms with E-state index in [0.717, 1.165) is 25.0 Å². The van der Waals surface area contributed by atoms with E-state index in [2.05, 4.69) is 5.32 Å². The molecule has 84 valence electrons. The second-order valence-corrected chi connectivity index (χ2v) is 3.82. The second-order valence-electron chi connectivity index (χ2n) is 3.42. The van der Waals surface area contributed by atoms with Crippen LogP contribution in [0.4, 0.5) is 8.78 Å². The van der Waals surface area contributed by atoms with Gasteiger partial charge in [0.1, 0.15) is 0 Å². The van der Waals surface area contributed by atoms with Gasteiger partial charge in [-0.05, 0) is 31.2 Å². The van der Waals surface area contributed by atoms with Gasteiger partial charge in [-0.15, -0.1) is 0 Å². The minimum Gasteiger partial charge on any atom is -0.313 e. The lowest BCUT2D eigenvalue weighted by Gasteiger charge is -2.17. The zero-order chi connectivity index (χ0) is 11.4. The SMILES string of the molecule is CCCC(NC)c1cc(F)c(F)cc1Cl. The highest BCUT2D eigenvalue weighted by Crippen LogP contribution is 2.28. The summed E-state index contributed by atoms with van der Waals surface area (Å²) in [6.45, 7) is 2.03. The molecule has 1 aromatic carbocycles. The Labute approximate surface area is 93.4 Å². The molecule has 0 spiro atoms. The van der Waals surface area contributed by atoms with Crippen molar-refractivity contribution in [1.82, 2.24) is 5.32 Å². The van der Waals surface area contributed by atoms with Gasteiger partial charge in [0.15, 0.2) is 11.6 Å². The van der Waals surface area contributed by atoms with Crippen LogP contribution in [-0.2, 0) is 0 Å². The van der Waals surface area contributed by atoms with E-state index in [-0.39, 0.29) is 11.1 Å². The van der Waals surface area contributed by atoms with Crippen molar-refractivity contribution < 1.29 is 8.78 Å². The summed E-state index contributed by atoms with van der Waals surface area (Å²) in [6, 6.07) is 2.15. The third-order valence-electron chi connectivity index (χ3n) is 2.34. The maximum absolute atomic E-state index is 13.0. The van der Waals surface area contributed by atoms with Gasteiger partial charge >= 0.3 is 0 Å². The van der Waals surface area contributed by atoms with Crippen LogP contribution in [0.1, 0.15) is 31.4 Å². The van der Waals surface area contributed by atoms with Gasteiger partial charge in [-0.1, -0.05) is 24.9 Å². The molecule has 1 rings (SSSR count). The topological polar surface area (TPSA) is 12.0 Å². The Bertz CT molecular complexity index is 342. The monoisotopic (exact) mass is 233 g/mol. The van der Waals surface area contributed by atoms with Gasteiger partial charge in [-0.2, -0.15) is 0 Å². The fourth-order valence-corrected chi connectivity index (χ4v) is 1.83. The van der Waals surface area contributed by atoms with E-state index in [0.29, 0.717) is 5.56 Å². The van der Waals surface area contributed by atoms with Crippen LogP contribution < -0.4 is 5.32 Å². The Morgan fingerprint density at radius 1 is 1.33 bits per heavy atom. The molecule has 0 radical (unpaired) electrons. The largest absolute Gasteiger partial charge is 0.313 e. The quantitative estimate of drug-likeness (QED) is 0.783. The first-order chi connectivity index (χ1) is 7.10. The summed E-state index contributed by atoms with van der Waals surface area (Å²) in [5.41, 5.74) is 0.611. The van der Waals surface area contributed by atoms with Crippen LogP contribution in [0.3, 0.4) is 0 Å². The fraction of sp³-hybridized carbons (Fsp3) is 0.455. The summed E-state index contributed by atoms with van der Waals surface area (Å²) in [5.74, 6) is -1.76. The molecule has 0 saturated heterocycles. The third kappa shape index (κ3) is 2.89. The molecule has 0 fully saturated rings. The average molecular weight is 234 g/mol. The normalized spacial score (nSPS) is 12.9. The highest BCUT2D eigenvalue weighted by molar-refractivity contribution is 6.31. The molecule has 1 N–H and O–H groups in total. The number of benzene rings is 1. The van der Waals surface area contributed by atoms with Crippen LogP contribution in [0.2, 0.25) is 5.02 Å². The summed E-state index contributed by atoms with van der Waals surface area (Å²) in [4.78, 5) is 0. The number of halogens is 3. The van der Waals surface area contributed by atoms with Crippen molar-refractivity contribution >= 4 is 11.6 Å². The van der Waals surface area contributed by atoms with Crippen molar-refractivity contribution in [3.63, 3.8) is 0 Å². The van der Waals surface area contributed by atoms with Gasteiger partial charge in [0, 0.05) is 11.1 Å². The molecule has 0 amide bonds. The maximum atomic E-state index is 13.0. The summed E-state index contributed by atoms with van der Waals surface area (Å²) in [6.07, 6.45) is 1.78. The standard InChI is InChI=1S/C11H14ClF2N/c1-3-4-11(15-2)7-5-9(13)10(14)6-8(7)12/h5-6,11,15H,3-4H2,1-2H3. The molecule has 0 heterocycles. The molecule has 15 heavy (non-hydrogen) atoms. The highest BCUT2D eigenvalue weighted by atomic mass is 35.5. The van der Waals surface area contributed by atoms with Gasteiger partial charge in [-0.3, -0.25) is 0 Å². The predicted molar refractivity (Wildman–Crippen MR) is 58.1 cm³/mol. The van der Waals surface area contributed by atoms with Gasteiger partial charge in [-0.25, -0.2) is 8.78 Å². The molecule has 1 unspecified atom stereocenters. The van der Waals surface area contributed by atoms with Crippen LogP contribution in [0.5, 0.6) is 0 Å². The summed E-state index contributed by atoms with van der Waals surface area (Å²) in [5, 5.41) is 3.30. The third-order valence-corrected chi connectivity index (χ3v) is 2.67. The molecule has 0 aromatic heterocycles. The maximum Gasteiger partial charge on any atom is 0.160 e. The van der Waals surface area contributed by atoms with Crippen LogP contribution in [-0.4, -0.2) is 7.05 Å². The molecule has 1 nitrogen and oxygen atoms in total. The van der Waals surface area contributed by atoms with Crippen molar-refractivity contribution in [2.24, 2.45) is 0 Å². The predicted octanol–water partition coefficient (Wildman–Crippen LogP) is 3.68. The van der Waals surface area contributed by atoms with Crippen LogP contribution >= 0.6 is 11.6 Å². The lowest BCUT2D eigenvalue weighted by Crippen LogP contribution is -2.16. The van der Waals surface area contributed by atoms with Crippen LogP contribution in [0, 0.1) is 11.6 Å². The molecule has 0 saturated carbocycles. The lowest BCUT2D eigenvalue weighted by atomic mass is 10.0. The van der Waals surface area contributed by atoms with Crippen molar-refractivity contribution in [1.29, 1.82) is 0 Å². The minimum atomic E-state index is -0.907. The van der Waals surface area contributed by atoms with E-state index >= 15 is 0 Å². The van der Waals surface area contributed by atoms with E-state index < -0.39 is 11.6 Å². The lowest BCUT2D eigenvalue weighted by molar-refractivity contribution is 0.495. The molecular formula is C11H14ClF2N. The Kier molecular flexibility index (Phi) is 4.48. The summed E-state index contributed by atoms with van der Waals surface area (Å²) < 4.78 is 25.9. The minimum absolute atomic E-state index is 0.0300. The Morgan fingerprint density at radius 2 is 1.93 bits per heavy atom. The molecule has 4 heteroatoms. The van der Waals surface area contributed by atoms with E-state index in [1.54, 1.807) is 7.05 Å². The average Bonchev–Trinajstić information content (AvgIpc) is 2.20. The number of rotatable bonds is 4. The number of hydrogen-bond acceptors (Lipinski definition) is 1. The molecule has 0 bridgehead atoms. The van der Waals surface area contributed by atoms with Crippen molar-refractivity contribution in [3.05, 3.63) is 34.4 Å². The molecule has 1 atom stereocenters. The number of nitrogens with one attached hydrogen (secondary N) is 1.